The molecule has 0 spiro atoms. The lowest BCUT2D eigenvalue weighted by Gasteiger charge is -2.29. The van der Waals surface area contributed by atoms with Crippen molar-refractivity contribution >= 4 is 50.1 Å². The summed E-state index contributed by atoms with van der Waals surface area (Å²) in [6.07, 6.45) is 0. The lowest BCUT2D eigenvalue weighted by Crippen LogP contribution is -2.15. The molecule has 2 aromatic heterocycles. The highest BCUT2D eigenvalue weighted by Gasteiger charge is 2.35. The summed E-state index contributed by atoms with van der Waals surface area (Å²) in [6, 6.07) is 64.3. The maximum atomic E-state index is 6.63. The highest BCUT2D eigenvalue weighted by Crippen LogP contribution is 2.51. The Morgan fingerprint density at radius 2 is 1.11 bits per heavy atom. The number of benzene rings is 8. The van der Waals surface area contributed by atoms with Crippen LogP contribution in [0.1, 0.15) is 25.0 Å². The van der Waals surface area contributed by atoms with Crippen LogP contribution in [0.2, 0.25) is 0 Å². The van der Waals surface area contributed by atoms with Crippen molar-refractivity contribution in [2.45, 2.75) is 19.3 Å². The quantitative estimate of drug-likeness (QED) is 0.171. The monoisotopic (exact) mass is 720 g/mol. The molecule has 1 aliphatic carbocycles. The molecule has 4 heteroatoms. The molecule has 1 aliphatic rings. The van der Waals surface area contributed by atoms with Crippen LogP contribution < -0.4 is 4.90 Å². The van der Waals surface area contributed by atoms with E-state index in [0.29, 0.717) is 11.5 Å². The Morgan fingerprint density at radius 1 is 0.464 bits per heavy atom. The van der Waals surface area contributed by atoms with Crippen LogP contribution in [0, 0.1) is 0 Å². The first-order chi connectivity index (χ1) is 27.5. The van der Waals surface area contributed by atoms with E-state index in [-0.39, 0.29) is 5.41 Å². The average molecular weight is 721 g/mol. The summed E-state index contributed by atoms with van der Waals surface area (Å²) in [5, 5.41) is 2.07. The van der Waals surface area contributed by atoms with E-state index in [1.54, 1.807) is 0 Å². The van der Waals surface area contributed by atoms with Crippen molar-refractivity contribution in [3.05, 3.63) is 193 Å². The predicted octanol–water partition coefficient (Wildman–Crippen LogP) is 14.5. The van der Waals surface area contributed by atoms with Crippen molar-refractivity contribution in [2.24, 2.45) is 0 Å². The van der Waals surface area contributed by atoms with Crippen LogP contribution in [0.4, 0.5) is 17.1 Å². The van der Waals surface area contributed by atoms with Crippen molar-refractivity contribution in [2.75, 3.05) is 4.90 Å². The normalized spacial score (nSPS) is 13.0. The first-order valence-corrected chi connectivity index (χ1v) is 19.1. The summed E-state index contributed by atoms with van der Waals surface area (Å²) >= 11 is 0. The number of aromatic nitrogens is 1. The molecule has 4 nitrogen and oxygen atoms in total. The smallest absolute Gasteiger partial charge is 0.227 e. The number of fused-ring (bicyclic) bond motifs is 7. The number of furan rings is 1. The van der Waals surface area contributed by atoms with Gasteiger partial charge in [0.15, 0.2) is 5.58 Å². The van der Waals surface area contributed by atoms with Crippen molar-refractivity contribution in [3.8, 4) is 44.8 Å². The van der Waals surface area contributed by atoms with Crippen LogP contribution in [0.3, 0.4) is 0 Å². The van der Waals surface area contributed by atoms with Crippen LogP contribution in [0.25, 0.3) is 77.9 Å². The molecule has 0 radical (unpaired) electrons. The Bertz CT molecular complexity index is 3100. The first-order valence-electron chi connectivity index (χ1n) is 19.1. The van der Waals surface area contributed by atoms with E-state index in [2.05, 4.69) is 158 Å². The molecule has 0 saturated carbocycles. The summed E-state index contributed by atoms with van der Waals surface area (Å²) in [7, 11) is 0. The van der Waals surface area contributed by atoms with Crippen molar-refractivity contribution in [1.29, 1.82) is 0 Å². The summed E-state index contributed by atoms with van der Waals surface area (Å²) in [6.45, 7) is 4.66. The van der Waals surface area contributed by atoms with Gasteiger partial charge in [-0.1, -0.05) is 141 Å². The van der Waals surface area contributed by atoms with Crippen molar-refractivity contribution < 1.29 is 8.83 Å². The second kappa shape index (κ2) is 12.4. The molecular weight excluding hydrogens is 685 g/mol. The Morgan fingerprint density at radius 3 is 1.91 bits per heavy atom. The largest absolute Gasteiger partial charge is 0.455 e. The zero-order chi connectivity index (χ0) is 37.4. The molecule has 0 unspecified atom stereocenters. The second-order valence-corrected chi connectivity index (χ2v) is 15.1. The van der Waals surface area contributed by atoms with Crippen LogP contribution in [-0.2, 0) is 5.41 Å². The van der Waals surface area contributed by atoms with E-state index in [1.165, 1.54) is 22.3 Å². The van der Waals surface area contributed by atoms with E-state index >= 15 is 0 Å². The van der Waals surface area contributed by atoms with Gasteiger partial charge in [-0.15, -0.1) is 0 Å². The number of anilines is 3. The standard InChI is InChI=1S/C52H36N2O2/c1-52(2)43-22-12-9-20-39(43)41-31-37(29-30-44(41)52)54(46-23-13-10-19-38(46)33-15-5-3-6-16-33)36-27-25-34(26-28-36)48-49-42(40-21-11-14-24-47(40)55-49)32-45-50(48)56-51(53-45)35-17-7-4-8-18-35/h3-32H,1-2H3. The Balaban J connectivity index is 1.11. The molecule has 0 bridgehead atoms. The van der Waals surface area contributed by atoms with Crippen LogP contribution in [0.15, 0.2) is 191 Å². The third-order valence-electron chi connectivity index (χ3n) is 11.5. The van der Waals surface area contributed by atoms with Gasteiger partial charge >= 0.3 is 0 Å². The molecule has 0 aliphatic heterocycles. The molecule has 2 heterocycles. The topological polar surface area (TPSA) is 42.4 Å². The first kappa shape index (κ1) is 32.3. The molecule has 11 rings (SSSR count). The minimum Gasteiger partial charge on any atom is -0.455 e. The highest BCUT2D eigenvalue weighted by molar-refractivity contribution is 6.16. The SMILES string of the molecule is CC1(C)c2ccccc2-c2cc(N(c3ccc(-c4c5oc(-c6ccccc6)nc5cc5c4oc4ccccc45)cc3)c3ccccc3-c3ccccc3)ccc21. The lowest BCUT2D eigenvalue weighted by atomic mass is 9.82. The van der Waals surface area contributed by atoms with E-state index in [4.69, 9.17) is 13.8 Å². The number of rotatable bonds is 6. The van der Waals surface area contributed by atoms with Gasteiger partial charge in [0.05, 0.1) is 11.3 Å². The summed E-state index contributed by atoms with van der Waals surface area (Å²) in [5.41, 5.74) is 16.7. The van der Waals surface area contributed by atoms with Gasteiger partial charge in [0.25, 0.3) is 0 Å². The molecule has 56 heavy (non-hydrogen) atoms. The second-order valence-electron chi connectivity index (χ2n) is 15.1. The zero-order valence-electron chi connectivity index (χ0n) is 31.0. The summed E-state index contributed by atoms with van der Waals surface area (Å²) < 4.78 is 13.3. The molecule has 0 saturated heterocycles. The van der Waals surface area contributed by atoms with E-state index in [9.17, 15) is 0 Å². The van der Waals surface area contributed by atoms with Crippen LogP contribution in [0.5, 0.6) is 0 Å². The molecule has 10 aromatic rings. The van der Waals surface area contributed by atoms with Gasteiger partial charge in [-0.2, -0.15) is 0 Å². The van der Waals surface area contributed by atoms with Crippen LogP contribution in [-0.4, -0.2) is 4.98 Å². The molecule has 0 fully saturated rings. The van der Waals surface area contributed by atoms with Gasteiger partial charge in [0.2, 0.25) is 5.89 Å². The van der Waals surface area contributed by atoms with Gasteiger partial charge in [-0.3, -0.25) is 0 Å². The van der Waals surface area contributed by atoms with Gasteiger partial charge in [0, 0.05) is 38.7 Å². The predicted molar refractivity (Wildman–Crippen MR) is 230 cm³/mol. The van der Waals surface area contributed by atoms with Gasteiger partial charge in [-0.25, -0.2) is 4.98 Å². The number of hydrogen-bond acceptors (Lipinski definition) is 4. The van der Waals surface area contributed by atoms with E-state index < -0.39 is 0 Å². The minimum absolute atomic E-state index is 0.0804. The molecule has 0 atom stereocenters. The third kappa shape index (κ3) is 4.96. The maximum Gasteiger partial charge on any atom is 0.227 e. The number of oxazole rings is 1. The zero-order valence-corrected chi connectivity index (χ0v) is 31.0. The third-order valence-corrected chi connectivity index (χ3v) is 11.5. The maximum absolute atomic E-state index is 6.63. The molecule has 0 amide bonds. The van der Waals surface area contributed by atoms with Gasteiger partial charge < -0.3 is 13.7 Å². The average Bonchev–Trinajstić information content (AvgIpc) is 3.91. The number of nitrogens with zero attached hydrogens (tertiary/aromatic N) is 2. The van der Waals surface area contributed by atoms with Crippen molar-refractivity contribution in [1.82, 2.24) is 4.98 Å². The minimum atomic E-state index is -0.0804. The summed E-state index contributed by atoms with van der Waals surface area (Å²) in [4.78, 5) is 7.40. The fourth-order valence-electron chi connectivity index (χ4n) is 8.79. The van der Waals surface area contributed by atoms with Gasteiger partial charge in [0.1, 0.15) is 16.7 Å². The Kier molecular flexibility index (Phi) is 7.17. The Labute approximate surface area is 324 Å². The molecule has 0 N–H and O–H groups in total. The number of para-hydroxylation sites is 2. The number of hydrogen-bond donors (Lipinski definition) is 0. The molecule has 266 valence electrons. The van der Waals surface area contributed by atoms with Crippen molar-refractivity contribution in [3.63, 3.8) is 0 Å². The van der Waals surface area contributed by atoms with Gasteiger partial charge in [-0.05, 0) is 88.0 Å². The van der Waals surface area contributed by atoms with Crippen LogP contribution >= 0.6 is 0 Å². The lowest BCUT2D eigenvalue weighted by molar-refractivity contribution is 0.619. The summed E-state index contributed by atoms with van der Waals surface area (Å²) in [5.74, 6) is 0.584. The molecular formula is C52H36N2O2. The fraction of sp³-hybridized carbons (Fsp3) is 0.0577. The fourth-order valence-corrected chi connectivity index (χ4v) is 8.79. The molecule has 8 aromatic carbocycles. The van der Waals surface area contributed by atoms with E-state index in [0.717, 1.165) is 72.3 Å². The van der Waals surface area contributed by atoms with E-state index in [1.807, 2.05) is 42.5 Å². The highest BCUT2D eigenvalue weighted by atomic mass is 16.4. The Hall–Kier alpha value is -7.17.